The van der Waals surface area contributed by atoms with Crippen LogP contribution in [0.15, 0.2) is 32.9 Å². The number of carbonyl (C=O) groups excluding carboxylic acids is 1. The molecule has 2 aromatic rings. The molecule has 0 atom stereocenters. The van der Waals surface area contributed by atoms with E-state index in [9.17, 15) is 4.79 Å². The van der Waals surface area contributed by atoms with E-state index in [-0.39, 0.29) is 24.5 Å². The van der Waals surface area contributed by atoms with Gasteiger partial charge in [-0.05, 0) is 49.6 Å². The summed E-state index contributed by atoms with van der Waals surface area (Å²) in [5.74, 6) is 1.26. The molecule has 1 amide bonds. The molecule has 2 aliphatic rings. The molecule has 0 bridgehead atoms. The summed E-state index contributed by atoms with van der Waals surface area (Å²) in [5.41, 5.74) is 0.959. The zero-order valence-electron chi connectivity index (χ0n) is 18.1. The second-order valence-electron chi connectivity index (χ2n) is 7.90. The lowest BCUT2D eigenvalue weighted by Crippen LogP contribution is -2.38. The van der Waals surface area contributed by atoms with E-state index in [1.807, 2.05) is 12.1 Å². The largest absolute Gasteiger partial charge is 0.447 e. The van der Waals surface area contributed by atoms with Crippen LogP contribution < -0.4 is 0 Å². The Labute approximate surface area is 197 Å². The van der Waals surface area contributed by atoms with Gasteiger partial charge in [0, 0.05) is 51.4 Å². The van der Waals surface area contributed by atoms with Crippen molar-refractivity contribution in [2.24, 2.45) is 0 Å². The summed E-state index contributed by atoms with van der Waals surface area (Å²) < 4.78 is 22.0. The lowest BCUT2D eigenvalue weighted by molar-refractivity contribution is 0.0657. The Hall–Kier alpha value is -1.81. The van der Waals surface area contributed by atoms with Crippen molar-refractivity contribution in [2.75, 3.05) is 46.6 Å². The molecule has 0 unspecified atom stereocenters. The Morgan fingerprint density at radius 1 is 1.19 bits per heavy atom. The highest BCUT2D eigenvalue weighted by Gasteiger charge is 2.31. The van der Waals surface area contributed by atoms with Gasteiger partial charge in [0.1, 0.15) is 11.6 Å². The van der Waals surface area contributed by atoms with E-state index in [1.54, 1.807) is 18.2 Å². The summed E-state index contributed by atoms with van der Waals surface area (Å²) in [6, 6.07) is 3.70. The van der Waals surface area contributed by atoms with E-state index in [2.05, 4.69) is 4.98 Å². The number of nitrogens with zero attached hydrogens (tertiary/aromatic N) is 3. The van der Waals surface area contributed by atoms with E-state index in [0.29, 0.717) is 24.7 Å². The molecule has 10 heteroatoms. The number of halogens is 1. The normalized spacial score (nSPS) is 18.1. The van der Waals surface area contributed by atoms with Crippen molar-refractivity contribution in [3.63, 3.8) is 0 Å². The van der Waals surface area contributed by atoms with E-state index in [1.165, 1.54) is 11.8 Å². The molecule has 2 aliphatic heterocycles. The van der Waals surface area contributed by atoms with Crippen molar-refractivity contribution < 1.29 is 23.4 Å². The molecule has 2 aromatic heterocycles. The average Bonchev–Trinajstić information content (AvgIpc) is 3.25. The minimum atomic E-state index is -0.288. The number of carbonyl (C=O) groups is 1. The van der Waals surface area contributed by atoms with E-state index >= 15 is 0 Å². The van der Waals surface area contributed by atoms with Crippen LogP contribution in [0.4, 0.5) is 4.79 Å². The van der Waals surface area contributed by atoms with Gasteiger partial charge in [-0.15, -0.1) is 0 Å². The number of likely N-dealkylation sites (tertiary alicyclic amines) is 1. The van der Waals surface area contributed by atoms with Crippen molar-refractivity contribution in [1.82, 2.24) is 14.9 Å². The number of oxazole rings is 1. The maximum Gasteiger partial charge on any atom is 0.409 e. The van der Waals surface area contributed by atoms with Crippen LogP contribution in [-0.4, -0.2) is 67.6 Å². The topological polar surface area (TPSA) is 86.9 Å². The van der Waals surface area contributed by atoms with Gasteiger partial charge < -0.3 is 23.5 Å². The van der Waals surface area contributed by atoms with Crippen molar-refractivity contribution in [2.45, 2.75) is 47.6 Å². The Bertz CT molecular complexity index is 880. The van der Waals surface area contributed by atoms with Gasteiger partial charge in [0.25, 0.3) is 0 Å². The molecule has 0 aliphatic carbocycles. The predicted molar refractivity (Wildman–Crippen MR) is 119 cm³/mol. The van der Waals surface area contributed by atoms with Crippen LogP contribution in [0.5, 0.6) is 0 Å². The SMILES string of the molecule is COCCOC(=O)N1CCC(c2nc(C3CCOCC3)oc2Sc2ccc(Cl)cn2)CC1. The third-order valence-corrected chi connectivity index (χ3v) is 6.91. The lowest BCUT2D eigenvalue weighted by Gasteiger charge is -2.30. The highest BCUT2D eigenvalue weighted by molar-refractivity contribution is 7.99. The minimum absolute atomic E-state index is 0.213. The van der Waals surface area contributed by atoms with E-state index in [0.717, 1.165) is 60.6 Å². The molecule has 0 aromatic carbocycles. The number of hydrogen-bond donors (Lipinski definition) is 0. The predicted octanol–water partition coefficient (Wildman–Crippen LogP) is 4.73. The molecule has 4 rings (SSSR count). The summed E-state index contributed by atoms with van der Waals surface area (Å²) >= 11 is 7.46. The number of rotatable bonds is 7. The minimum Gasteiger partial charge on any atom is -0.447 e. The number of aromatic nitrogens is 2. The second kappa shape index (κ2) is 11.4. The van der Waals surface area contributed by atoms with Crippen LogP contribution in [-0.2, 0) is 14.2 Å². The molecule has 0 N–H and O–H groups in total. The monoisotopic (exact) mass is 481 g/mol. The van der Waals surface area contributed by atoms with Crippen molar-refractivity contribution >= 4 is 29.5 Å². The smallest absolute Gasteiger partial charge is 0.409 e. The average molecular weight is 482 g/mol. The highest BCUT2D eigenvalue weighted by Crippen LogP contribution is 2.40. The number of amides is 1. The van der Waals surface area contributed by atoms with E-state index < -0.39 is 0 Å². The van der Waals surface area contributed by atoms with Gasteiger partial charge in [0.2, 0.25) is 0 Å². The zero-order chi connectivity index (χ0) is 22.3. The third kappa shape index (κ3) is 5.95. The number of ether oxygens (including phenoxy) is 3. The molecular formula is C22H28ClN3O5S. The van der Waals surface area contributed by atoms with Gasteiger partial charge in [-0.25, -0.2) is 14.8 Å². The summed E-state index contributed by atoms with van der Waals surface area (Å²) in [6.45, 7) is 3.37. The Morgan fingerprint density at radius 2 is 1.97 bits per heavy atom. The van der Waals surface area contributed by atoms with Crippen LogP contribution >= 0.6 is 23.4 Å². The first-order valence-corrected chi connectivity index (χ1v) is 12.1. The lowest BCUT2D eigenvalue weighted by atomic mass is 9.94. The summed E-state index contributed by atoms with van der Waals surface area (Å²) in [7, 11) is 1.58. The molecule has 2 saturated heterocycles. The summed E-state index contributed by atoms with van der Waals surface area (Å²) in [5, 5.41) is 2.19. The van der Waals surface area contributed by atoms with Crippen LogP contribution in [0.3, 0.4) is 0 Å². The standard InChI is InChI=1S/C22H28ClN3O5S/c1-28-12-13-30-22(27)26-8-4-15(5-9-26)19-21(32-18-3-2-17(23)14-24-18)31-20(25-19)16-6-10-29-11-7-16/h2-3,14-16H,4-13H2,1H3. The molecule has 2 fully saturated rings. The molecule has 0 radical (unpaired) electrons. The third-order valence-electron chi connectivity index (χ3n) is 5.76. The van der Waals surface area contributed by atoms with Gasteiger partial charge in [0.05, 0.1) is 17.3 Å². The zero-order valence-corrected chi connectivity index (χ0v) is 19.7. The molecule has 0 spiro atoms. The summed E-state index contributed by atoms with van der Waals surface area (Å²) in [6.07, 6.45) is 4.78. The van der Waals surface area contributed by atoms with Gasteiger partial charge in [-0.3, -0.25) is 0 Å². The van der Waals surface area contributed by atoms with Crippen LogP contribution in [0.25, 0.3) is 0 Å². The number of hydrogen-bond acceptors (Lipinski definition) is 8. The maximum absolute atomic E-state index is 12.2. The maximum atomic E-state index is 12.2. The van der Waals surface area contributed by atoms with Crippen LogP contribution in [0.1, 0.15) is 49.1 Å². The molecule has 4 heterocycles. The van der Waals surface area contributed by atoms with Crippen molar-refractivity contribution in [3.8, 4) is 0 Å². The molecule has 32 heavy (non-hydrogen) atoms. The Kier molecular flexibility index (Phi) is 8.29. The van der Waals surface area contributed by atoms with Crippen LogP contribution in [0, 0.1) is 0 Å². The fraction of sp³-hybridized carbons (Fsp3) is 0.591. The molecule has 8 nitrogen and oxygen atoms in total. The first-order valence-electron chi connectivity index (χ1n) is 10.9. The van der Waals surface area contributed by atoms with Gasteiger partial charge in [-0.2, -0.15) is 0 Å². The van der Waals surface area contributed by atoms with Crippen LogP contribution in [0.2, 0.25) is 5.02 Å². The highest BCUT2D eigenvalue weighted by atomic mass is 35.5. The second-order valence-corrected chi connectivity index (χ2v) is 9.33. The fourth-order valence-electron chi connectivity index (χ4n) is 3.94. The first-order chi connectivity index (χ1) is 15.6. The number of methoxy groups -OCH3 is 1. The van der Waals surface area contributed by atoms with Gasteiger partial charge >= 0.3 is 6.09 Å². The van der Waals surface area contributed by atoms with E-state index in [4.69, 9.17) is 35.2 Å². The number of piperidine rings is 1. The quantitative estimate of drug-likeness (QED) is 0.524. The number of pyridine rings is 1. The Balaban J connectivity index is 1.47. The fourth-order valence-corrected chi connectivity index (χ4v) is 4.93. The molecule has 0 saturated carbocycles. The molecule has 174 valence electrons. The Morgan fingerprint density at radius 3 is 2.66 bits per heavy atom. The summed E-state index contributed by atoms with van der Waals surface area (Å²) in [4.78, 5) is 23.3. The van der Waals surface area contributed by atoms with Gasteiger partial charge in [0.15, 0.2) is 11.0 Å². The first kappa shape index (κ1) is 23.4. The molecular weight excluding hydrogens is 454 g/mol. The van der Waals surface area contributed by atoms with Crippen molar-refractivity contribution in [1.29, 1.82) is 0 Å². The van der Waals surface area contributed by atoms with Crippen molar-refractivity contribution in [3.05, 3.63) is 34.9 Å². The van der Waals surface area contributed by atoms with Gasteiger partial charge in [-0.1, -0.05) is 11.6 Å².